The first kappa shape index (κ1) is 12.9. The number of carboxylic acid groups (broad SMARTS) is 1. The molecule has 0 spiro atoms. The van der Waals surface area contributed by atoms with Crippen molar-refractivity contribution in [1.29, 1.82) is 0 Å². The molecule has 0 aromatic carbocycles. The number of carboxylic acids is 1. The van der Waals surface area contributed by atoms with Crippen molar-refractivity contribution in [2.45, 2.75) is 39.3 Å². The second-order valence-corrected chi connectivity index (χ2v) is 3.37. The Morgan fingerprint density at radius 3 is 2.14 bits per heavy atom. The summed E-state index contributed by atoms with van der Waals surface area (Å²) >= 11 is 0. The molecule has 0 rings (SSSR count). The Balaban J connectivity index is 4.31. The van der Waals surface area contributed by atoms with E-state index in [1.807, 2.05) is 6.92 Å². The molecule has 0 bridgehead atoms. The van der Waals surface area contributed by atoms with Gasteiger partial charge in [0.25, 0.3) is 0 Å². The summed E-state index contributed by atoms with van der Waals surface area (Å²) in [5.41, 5.74) is 0. The second kappa shape index (κ2) is 5.59. The van der Waals surface area contributed by atoms with E-state index in [1.165, 1.54) is 6.92 Å². The largest absolute Gasteiger partial charge is 0.480 e. The highest BCUT2D eigenvalue weighted by atomic mass is 16.4. The van der Waals surface area contributed by atoms with Crippen LogP contribution in [0.25, 0.3) is 0 Å². The zero-order chi connectivity index (χ0) is 11.3. The van der Waals surface area contributed by atoms with Crippen molar-refractivity contribution < 1.29 is 19.8 Å². The molecule has 0 aromatic heterocycles. The molecular weight excluding hydrogens is 186 g/mol. The number of aliphatic hydroxyl groups excluding tert-OH is 1. The van der Waals surface area contributed by atoms with Gasteiger partial charge < -0.3 is 15.5 Å². The van der Waals surface area contributed by atoms with Gasteiger partial charge in [0.15, 0.2) is 6.04 Å². The van der Waals surface area contributed by atoms with Crippen LogP contribution in [0.4, 0.5) is 0 Å². The number of aliphatic hydroxyl groups is 1. The van der Waals surface area contributed by atoms with Gasteiger partial charge in [0, 0.05) is 5.92 Å². The van der Waals surface area contributed by atoms with Crippen molar-refractivity contribution >= 4 is 11.9 Å². The fourth-order valence-corrected chi connectivity index (χ4v) is 0.870. The van der Waals surface area contributed by atoms with Crippen molar-refractivity contribution in [2.24, 2.45) is 5.92 Å². The quantitative estimate of drug-likeness (QED) is 0.586. The molecule has 14 heavy (non-hydrogen) atoms. The fraction of sp³-hybridized carbons (Fsp3) is 0.778. The van der Waals surface area contributed by atoms with Gasteiger partial charge in [0.1, 0.15) is 0 Å². The molecule has 1 amide bonds. The van der Waals surface area contributed by atoms with Crippen LogP contribution in [-0.4, -0.2) is 34.2 Å². The summed E-state index contributed by atoms with van der Waals surface area (Å²) < 4.78 is 0. The van der Waals surface area contributed by atoms with E-state index in [4.69, 9.17) is 10.2 Å². The summed E-state index contributed by atoms with van der Waals surface area (Å²) in [6, 6.07) is -1.23. The lowest BCUT2D eigenvalue weighted by Gasteiger charge is -2.19. The molecule has 3 atom stereocenters. The lowest BCUT2D eigenvalue weighted by atomic mass is 10.1. The monoisotopic (exact) mass is 203 g/mol. The second-order valence-electron chi connectivity index (χ2n) is 3.37. The standard InChI is InChI=1S/C9H17NO4/c1-4-5(2)8(12)10-7(6(3)11)9(13)14/h5-7,11H,4H2,1-3H3,(H,10,12)(H,13,14)/t5?,6-,7+/m1/s1. The molecule has 0 aromatic rings. The van der Waals surface area contributed by atoms with Gasteiger partial charge in [-0.3, -0.25) is 4.79 Å². The van der Waals surface area contributed by atoms with E-state index >= 15 is 0 Å². The normalized spacial score (nSPS) is 16.9. The molecule has 0 aliphatic carbocycles. The highest BCUT2D eigenvalue weighted by Gasteiger charge is 2.26. The van der Waals surface area contributed by atoms with Gasteiger partial charge in [-0.25, -0.2) is 4.79 Å². The Labute approximate surface area is 83.1 Å². The zero-order valence-electron chi connectivity index (χ0n) is 8.65. The highest BCUT2D eigenvalue weighted by molar-refractivity contribution is 5.85. The van der Waals surface area contributed by atoms with Crippen LogP contribution in [0.15, 0.2) is 0 Å². The summed E-state index contributed by atoms with van der Waals surface area (Å²) in [6.45, 7) is 4.87. The Morgan fingerprint density at radius 1 is 1.36 bits per heavy atom. The van der Waals surface area contributed by atoms with Gasteiger partial charge in [-0.15, -0.1) is 0 Å². The SMILES string of the molecule is CCC(C)C(=O)N[C@H](C(=O)O)[C@@H](C)O. The number of nitrogens with one attached hydrogen (secondary N) is 1. The maximum Gasteiger partial charge on any atom is 0.328 e. The topological polar surface area (TPSA) is 86.6 Å². The molecule has 0 fully saturated rings. The minimum Gasteiger partial charge on any atom is -0.480 e. The van der Waals surface area contributed by atoms with Crippen molar-refractivity contribution in [2.75, 3.05) is 0 Å². The van der Waals surface area contributed by atoms with Gasteiger partial charge in [-0.2, -0.15) is 0 Å². The van der Waals surface area contributed by atoms with Gasteiger partial charge in [0.2, 0.25) is 5.91 Å². The summed E-state index contributed by atoms with van der Waals surface area (Å²) in [7, 11) is 0. The molecule has 0 aliphatic heterocycles. The van der Waals surface area contributed by atoms with Crippen LogP contribution >= 0.6 is 0 Å². The number of carbonyl (C=O) groups is 2. The third-order valence-electron chi connectivity index (χ3n) is 2.11. The van der Waals surface area contributed by atoms with Crippen LogP contribution < -0.4 is 5.32 Å². The Bertz CT molecular complexity index is 215. The maximum absolute atomic E-state index is 11.3. The van der Waals surface area contributed by atoms with E-state index in [0.717, 1.165) is 0 Å². The van der Waals surface area contributed by atoms with Crippen LogP contribution in [-0.2, 0) is 9.59 Å². The highest BCUT2D eigenvalue weighted by Crippen LogP contribution is 2.02. The first-order chi connectivity index (χ1) is 6.40. The molecule has 0 saturated heterocycles. The molecule has 3 N–H and O–H groups in total. The number of amides is 1. The van der Waals surface area contributed by atoms with Crippen LogP contribution in [0.5, 0.6) is 0 Å². The minimum atomic E-state index is -1.23. The Kier molecular flexibility index (Phi) is 5.15. The lowest BCUT2D eigenvalue weighted by molar-refractivity contribution is -0.145. The average Bonchev–Trinajstić information content (AvgIpc) is 2.11. The van der Waals surface area contributed by atoms with E-state index in [9.17, 15) is 9.59 Å². The summed E-state index contributed by atoms with van der Waals surface area (Å²) in [5.74, 6) is -1.81. The Hall–Kier alpha value is -1.10. The number of hydrogen-bond donors (Lipinski definition) is 3. The predicted molar refractivity (Wildman–Crippen MR) is 50.7 cm³/mol. The fourth-order valence-electron chi connectivity index (χ4n) is 0.870. The number of aliphatic carboxylic acids is 1. The number of hydrogen-bond acceptors (Lipinski definition) is 3. The van der Waals surface area contributed by atoms with Crippen molar-refractivity contribution in [3.63, 3.8) is 0 Å². The van der Waals surface area contributed by atoms with Gasteiger partial charge in [-0.05, 0) is 13.3 Å². The summed E-state index contributed by atoms with van der Waals surface area (Å²) in [6.07, 6.45) is -0.460. The first-order valence-electron chi connectivity index (χ1n) is 4.61. The van der Waals surface area contributed by atoms with Crippen molar-refractivity contribution in [3.8, 4) is 0 Å². The van der Waals surface area contributed by atoms with Gasteiger partial charge in [-0.1, -0.05) is 13.8 Å². The van der Waals surface area contributed by atoms with E-state index in [-0.39, 0.29) is 11.8 Å². The van der Waals surface area contributed by atoms with Gasteiger partial charge in [0.05, 0.1) is 6.10 Å². The van der Waals surface area contributed by atoms with Crippen molar-refractivity contribution in [1.82, 2.24) is 5.32 Å². The first-order valence-corrected chi connectivity index (χ1v) is 4.61. The molecule has 0 radical (unpaired) electrons. The molecule has 82 valence electrons. The minimum absolute atomic E-state index is 0.240. The summed E-state index contributed by atoms with van der Waals surface area (Å²) in [5, 5.41) is 20.0. The van der Waals surface area contributed by atoms with E-state index in [2.05, 4.69) is 5.32 Å². The molecule has 1 unspecified atom stereocenters. The maximum atomic E-state index is 11.3. The molecule has 5 heteroatoms. The number of carbonyl (C=O) groups excluding carboxylic acids is 1. The number of rotatable bonds is 5. The van der Waals surface area contributed by atoms with Crippen LogP contribution in [0, 0.1) is 5.92 Å². The van der Waals surface area contributed by atoms with Gasteiger partial charge >= 0.3 is 5.97 Å². The van der Waals surface area contributed by atoms with Crippen LogP contribution in [0.3, 0.4) is 0 Å². The molecule has 5 nitrogen and oxygen atoms in total. The van der Waals surface area contributed by atoms with Crippen molar-refractivity contribution in [3.05, 3.63) is 0 Å². The Morgan fingerprint density at radius 2 is 1.86 bits per heavy atom. The molecular formula is C9H17NO4. The lowest BCUT2D eigenvalue weighted by Crippen LogP contribution is -2.49. The van der Waals surface area contributed by atoms with Crippen LogP contribution in [0.2, 0.25) is 0 Å². The van der Waals surface area contributed by atoms with Crippen LogP contribution in [0.1, 0.15) is 27.2 Å². The predicted octanol–water partition coefficient (Wildman–Crippen LogP) is -0.0173. The molecule has 0 saturated carbocycles. The zero-order valence-corrected chi connectivity index (χ0v) is 8.65. The molecule has 0 aliphatic rings. The third kappa shape index (κ3) is 3.74. The molecule has 0 heterocycles. The smallest absolute Gasteiger partial charge is 0.328 e. The third-order valence-corrected chi connectivity index (χ3v) is 2.11. The van der Waals surface area contributed by atoms with E-state index in [1.54, 1.807) is 6.92 Å². The van der Waals surface area contributed by atoms with E-state index < -0.39 is 18.1 Å². The average molecular weight is 203 g/mol. The van der Waals surface area contributed by atoms with E-state index in [0.29, 0.717) is 6.42 Å². The summed E-state index contributed by atoms with van der Waals surface area (Å²) in [4.78, 5) is 21.9.